The molecule has 6 nitrogen and oxygen atoms in total. The molecule has 0 aliphatic rings. The first-order valence-corrected chi connectivity index (χ1v) is 5.69. The van der Waals surface area contributed by atoms with Crippen LogP contribution in [0.4, 0.5) is 20.6 Å². The predicted molar refractivity (Wildman–Crippen MR) is 67.5 cm³/mol. The molecule has 0 heterocycles. The van der Waals surface area contributed by atoms with Gasteiger partial charge < -0.3 is 4.74 Å². The van der Waals surface area contributed by atoms with Gasteiger partial charge in [-0.05, 0) is 26.3 Å². The summed E-state index contributed by atoms with van der Waals surface area (Å²) in [5, 5.41) is 12.8. The molecule has 0 atom stereocenters. The maximum Gasteiger partial charge on any atom is 0.412 e. The molecule has 0 fully saturated rings. The minimum absolute atomic E-state index is 0.0972. The SMILES string of the molecule is CCC(C)(C)OC(=O)Nc1ccc([N+](=O)[O-])c(F)c1. The number of nitrogens with one attached hydrogen (secondary N) is 1. The fourth-order valence-corrected chi connectivity index (χ4v) is 1.20. The van der Waals surface area contributed by atoms with E-state index >= 15 is 0 Å². The second-order valence-electron chi connectivity index (χ2n) is 4.55. The van der Waals surface area contributed by atoms with Gasteiger partial charge in [-0.2, -0.15) is 4.39 Å². The summed E-state index contributed by atoms with van der Waals surface area (Å²) in [6, 6.07) is 3.09. The summed E-state index contributed by atoms with van der Waals surface area (Å²) in [5.41, 5.74) is -1.18. The topological polar surface area (TPSA) is 81.5 Å². The molecule has 1 amide bonds. The van der Waals surface area contributed by atoms with Gasteiger partial charge in [0.2, 0.25) is 5.82 Å². The van der Waals surface area contributed by atoms with Crippen LogP contribution in [-0.2, 0) is 4.74 Å². The molecule has 1 rings (SSSR count). The van der Waals surface area contributed by atoms with E-state index in [1.54, 1.807) is 13.8 Å². The van der Waals surface area contributed by atoms with Gasteiger partial charge in [0.15, 0.2) is 0 Å². The van der Waals surface area contributed by atoms with Crippen LogP contribution in [0.2, 0.25) is 0 Å². The molecular weight excluding hydrogens is 255 g/mol. The van der Waals surface area contributed by atoms with Gasteiger partial charge in [-0.3, -0.25) is 15.4 Å². The highest BCUT2D eigenvalue weighted by Crippen LogP contribution is 2.21. The molecule has 0 unspecified atom stereocenters. The van der Waals surface area contributed by atoms with E-state index in [1.807, 2.05) is 6.92 Å². The largest absolute Gasteiger partial charge is 0.443 e. The molecule has 0 aliphatic carbocycles. The third-order valence-corrected chi connectivity index (χ3v) is 2.61. The number of rotatable bonds is 4. The van der Waals surface area contributed by atoms with Crippen LogP contribution in [0.25, 0.3) is 0 Å². The summed E-state index contributed by atoms with van der Waals surface area (Å²) in [6.07, 6.45) is -0.116. The molecule has 0 radical (unpaired) electrons. The normalized spacial score (nSPS) is 10.9. The van der Waals surface area contributed by atoms with Crippen molar-refractivity contribution >= 4 is 17.5 Å². The molecule has 1 N–H and O–H groups in total. The van der Waals surface area contributed by atoms with Gasteiger partial charge in [0, 0.05) is 17.8 Å². The minimum Gasteiger partial charge on any atom is -0.443 e. The van der Waals surface area contributed by atoms with Crippen molar-refractivity contribution in [2.75, 3.05) is 5.32 Å². The summed E-state index contributed by atoms with van der Waals surface area (Å²) in [4.78, 5) is 21.1. The maximum atomic E-state index is 13.3. The van der Waals surface area contributed by atoms with E-state index in [-0.39, 0.29) is 5.69 Å². The molecule has 0 spiro atoms. The van der Waals surface area contributed by atoms with Crippen LogP contribution in [0.5, 0.6) is 0 Å². The van der Waals surface area contributed by atoms with Crippen molar-refractivity contribution in [2.24, 2.45) is 0 Å². The van der Waals surface area contributed by atoms with Crippen LogP contribution in [-0.4, -0.2) is 16.6 Å². The number of halogens is 1. The number of amides is 1. The van der Waals surface area contributed by atoms with Crippen LogP contribution in [0.3, 0.4) is 0 Å². The quantitative estimate of drug-likeness (QED) is 0.670. The lowest BCUT2D eigenvalue weighted by atomic mass is 10.1. The summed E-state index contributed by atoms with van der Waals surface area (Å²) < 4.78 is 18.4. The Kier molecular flexibility index (Phi) is 4.42. The van der Waals surface area contributed by atoms with Gasteiger partial charge in [0.1, 0.15) is 5.60 Å². The van der Waals surface area contributed by atoms with E-state index in [0.29, 0.717) is 6.42 Å². The second-order valence-corrected chi connectivity index (χ2v) is 4.55. The van der Waals surface area contributed by atoms with Crippen molar-refractivity contribution < 1.29 is 18.8 Å². The lowest BCUT2D eigenvalue weighted by Gasteiger charge is -2.23. The Balaban J connectivity index is 2.76. The van der Waals surface area contributed by atoms with Crippen molar-refractivity contribution in [3.8, 4) is 0 Å². The van der Waals surface area contributed by atoms with Crippen molar-refractivity contribution in [2.45, 2.75) is 32.8 Å². The first-order chi connectivity index (χ1) is 8.75. The molecule has 19 heavy (non-hydrogen) atoms. The number of hydrogen-bond acceptors (Lipinski definition) is 4. The molecule has 0 bridgehead atoms. The average Bonchev–Trinajstić information content (AvgIpc) is 2.27. The van der Waals surface area contributed by atoms with Crippen LogP contribution in [0.1, 0.15) is 27.2 Å². The van der Waals surface area contributed by atoms with Crippen molar-refractivity contribution in [1.29, 1.82) is 0 Å². The smallest absolute Gasteiger partial charge is 0.412 e. The number of nitro groups is 1. The number of anilines is 1. The molecule has 0 saturated heterocycles. The Bertz CT molecular complexity index is 503. The van der Waals surface area contributed by atoms with E-state index in [2.05, 4.69) is 5.32 Å². The molecule has 0 aromatic heterocycles. The molecule has 1 aromatic rings. The monoisotopic (exact) mass is 270 g/mol. The Morgan fingerprint density at radius 1 is 1.53 bits per heavy atom. The summed E-state index contributed by atoms with van der Waals surface area (Å²) in [6.45, 7) is 5.34. The van der Waals surface area contributed by atoms with E-state index < -0.39 is 28.1 Å². The van der Waals surface area contributed by atoms with Crippen molar-refractivity contribution in [1.82, 2.24) is 0 Å². The number of nitrogens with zero attached hydrogens (tertiary/aromatic N) is 1. The van der Waals surface area contributed by atoms with Crippen molar-refractivity contribution in [3.63, 3.8) is 0 Å². The Morgan fingerprint density at radius 2 is 2.16 bits per heavy atom. The van der Waals surface area contributed by atoms with E-state index in [9.17, 15) is 19.3 Å². The third kappa shape index (κ3) is 4.20. The highest BCUT2D eigenvalue weighted by molar-refractivity contribution is 5.85. The molecule has 0 aliphatic heterocycles. The van der Waals surface area contributed by atoms with Crippen LogP contribution >= 0.6 is 0 Å². The van der Waals surface area contributed by atoms with Crippen LogP contribution < -0.4 is 5.32 Å². The second kappa shape index (κ2) is 5.64. The first kappa shape index (κ1) is 14.9. The zero-order valence-corrected chi connectivity index (χ0v) is 10.9. The van der Waals surface area contributed by atoms with Crippen LogP contribution in [0.15, 0.2) is 18.2 Å². The van der Waals surface area contributed by atoms with Gasteiger partial charge in [-0.25, -0.2) is 4.79 Å². The average molecular weight is 270 g/mol. The van der Waals surface area contributed by atoms with Crippen molar-refractivity contribution in [3.05, 3.63) is 34.1 Å². The van der Waals surface area contributed by atoms with Crippen LogP contribution in [0, 0.1) is 15.9 Å². The lowest BCUT2D eigenvalue weighted by Crippen LogP contribution is -2.29. The van der Waals surface area contributed by atoms with E-state index in [4.69, 9.17) is 4.74 Å². The van der Waals surface area contributed by atoms with Gasteiger partial charge in [0.25, 0.3) is 0 Å². The zero-order chi connectivity index (χ0) is 14.6. The number of carbonyl (C=O) groups is 1. The fourth-order valence-electron chi connectivity index (χ4n) is 1.20. The van der Waals surface area contributed by atoms with Gasteiger partial charge >= 0.3 is 11.8 Å². The highest BCUT2D eigenvalue weighted by Gasteiger charge is 2.21. The minimum atomic E-state index is -1.02. The summed E-state index contributed by atoms with van der Waals surface area (Å²) in [5.74, 6) is -1.02. The number of ether oxygens (including phenoxy) is 1. The molecular formula is C12H15FN2O4. The van der Waals surface area contributed by atoms with E-state index in [1.165, 1.54) is 6.07 Å². The first-order valence-electron chi connectivity index (χ1n) is 5.69. The maximum absolute atomic E-state index is 13.3. The fraction of sp³-hybridized carbons (Fsp3) is 0.417. The number of nitro benzene ring substituents is 1. The highest BCUT2D eigenvalue weighted by atomic mass is 19.1. The molecule has 7 heteroatoms. The standard InChI is InChI=1S/C12H15FN2O4/c1-4-12(2,3)19-11(16)14-8-5-6-10(15(17)18)9(13)7-8/h5-7H,4H2,1-3H3,(H,14,16). The number of benzene rings is 1. The van der Waals surface area contributed by atoms with Gasteiger partial charge in [-0.1, -0.05) is 6.92 Å². The number of hydrogen-bond donors (Lipinski definition) is 1. The Morgan fingerprint density at radius 3 is 2.63 bits per heavy atom. The predicted octanol–water partition coefficient (Wildman–Crippen LogP) is 3.47. The van der Waals surface area contributed by atoms with E-state index in [0.717, 1.165) is 12.1 Å². The molecule has 104 valence electrons. The van der Waals surface area contributed by atoms with Gasteiger partial charge in [0.05, 0.1) is 4.92 Å². The lowest BCUT2D eigenvalue weighted by molar-refractivity contribution is -0.387. The third-order valence-electron chi connectivity index (χ3n) is 2.61. The Hall–Kier alpha value is -2.18. The molecule has 1 aromatic carbocycles. The summed E-state index contributed by atoms with van der Waals surface area (Å²) >= 11 is 0. The Labute approximate surface area is 109 Å². The zero-order valence-electron chi connectivity index (χ0n) is 10.9. The summed E-state index contributed by atoms with van der Waals surface area (Å²) in [7, 11) is 0. The number of carbonyl (C=O) groups excluding carboxylic acids is 1. The van der Waals surface area contributed by atoms with Gasteiger partial charge in [-0.15, -0.1) is 0 Å². The molecule has 0 saturated carbocycles.